The van der Waals surface area contributed by atoms with Crippen molar-refractivity contribution in [2.75, 3.05) is 14.2 Å². The number of methoxy groups -OCH3 is 1. The number of pyridine rings is 1. The molecule has 7 heteroatoms. The molecule has 2 unspecified atom stereocenters. The van der Waals surface area contributed by atoms with Gasteiger partial charge in [-0.25, -0.2) is 13.8 Å². The number of amides is 1. The van der Waals surface area contributed by atoms with Gasteiger partial charge in [-0.1, -0.05) is 18.2 Å². The van der Waals surface area contributed by atoms with Gasteiger partial charge in [-0.3, -0.25) is 4.79 Å². The topological polar surface area (TPSA) is 60.5 Å². The van der Waals surface area contributed by atoms with Crippen molar-refractivity contribution < 1.29 is 23.0 Å². The van der Waals surface area contributed by atoms with Gasteiger partial charge in [0.15, 0.2) is 5.82 Å². The second-order valence-corrected chi connectivity index (χ2v) is 6.65. The third-order valence-corrected chi connectivity index (χ3v) is 4.96. The number of rotatable bonds is 4. The summed E-state index contributed by atoms with van der Waals surface area (Å²) < 4.78 is 38.3. The number of hydrogen-bond donors (Lipinski definition) is 1. The lowest BCUT2D eigenvalue weighted by molar-refractivity contribution is -0.123. The molecule has 5 nitrogen and oxygen atoms in total. The summed E-state index contributed by atoms with van der Waals surface area (Å²) in [6.45, 7) is 0. The molecule has 2 aromatic carbocycles. The van der Waals surface area contributed by atoms with Gasteiger partial charge in [0.05, 0.1) is 7.11 Å². The molecular weight excluding hydrogens is 378 g/mol. The molecule has 0 saturated heterocycles. The molecule has 0 saturated carbocycles. The molecule has 0 bridgehead atoms. The highest BCUT2D eigenvalue weighted by atomic mass is 19.1. The SMILES string of the molecule is CNC(=O)C1c2cc(-c3cnc(OC)c(F)c3)ccc2OC1c1ccc(F)cc1. The average molecular weight is 396 g/mol. The molecular formula is C22H18F2N2O3. The average Bonchev–Trinajstić information content (AvgIpc) is 3.12. The third-order valence-electron chi connectivity index (χ3n) is 4.96. The summed E-state index contributed by atoms with van der Waals surface area (Å²) in [5.74, 6) is -1.33. The Morgan fingerprint density at radius 3 is 2.52 bits per heavy atom. The fourth-order valence-corrected chi connectivity index (χ4v) is 3.53. The maximum Gasteiger partial charge on any atom is 0.250 e. The lowest BCUT2D eigenvalue weighted by Gasteiger charge is -2.18. The number of aromatic nitrogens is 1. The van der Waals surface area contributed by atoms with Crippen LogP contribution in [0, 0.1) is 11.6 Å². The van der Waals surface area contributed by atoms with E-state index in [1.54, 1.807) is 37.4 Å². The Morgan fingerprint density at radius 1 is 1.10 bits per heavy atom. The highest BCUT2D eigenvalue weighted by molar-refractivity contribution is 5.87. The molecule has 1 aliphatic rings. The Morgan fingerprint density at radius 2 is 1.86 bits per heavy atom. The van der Waals surface area contributed by atoms with E-state index in [9.17, 15) is 13.6 Å². The first-order valence-corrected chi connectivity index (χ1v) is 8.99. The van der Waals surface area contributed by atoms with Crippen LogP contribution in [-0.4, -0.2) is 25.0 Å². The van der Waals surface area contributed by atoms with Gasteiger partial charge in [-0.2, -0.15) is 0 Å². The molecule has 0 fully saturated rings. The van der Waals surface area contributed by atoms with Crippen LogP contribution >= 0.6 is 0 Å². The van der Waals surface area contributed by atoms with E-state index in [4.69, 9.17) is 9.47 Å². The number of likely N-dealkylation sites (N-methyl/N-ethyl adjacent to an activating group) is 1. The summed E-state index contributed by atoms with van der Waals surface area (Å²) in [6.07, 6.45) is 0.915. The van der Waals surface area contributed by atoms with Gasteiger partial charge in [0.2, 0.25) is 11.8 Å². The number of ether oxygens (including phenoxy) is 2. The summed E-state index contributed by atoms with van der Waals surface area (Å²) >= 11 is 0. The maximum absolute atomic E-state index is 14.1. The standard InChI is InChI=1S/C22H18F2N2O3/c1-25-21(27)19-16-9-13(14-10-17(24)22(28-2)26-11-14)5-8-18(16)29-20(19)12-3-6-15(23)7-4-12/h3-11,19-20H,1-2H3,(H,25,27). The summed E-state index contributed by atoms with van der Waals surface area (Å²) in [6, 6.07) is 12.5. The monoisotopic (exact) mass is 396 g/mol. The lowest BCUT2D eigenvalue weighted by Crippen LogP contribution is -2.28. The van der Waals surface area contributed by atoms with Crippen LogP contribution in [0.2, 0.25) is 0 Å². The van der Waals surface area contributed by atoms with Crippen molar-refractivity contribution in [3.05, 3.63) is 77.5 Å². The molecule has 1 aromatic heterocycles. The van der Waals surface area contributed by atoms with Crippen LogP contribution in [0.1, 0.15) is 23.1 Å². The van der Waals surface area contributed by atoms with Crippen molar-refractivity contribution in [1.29, 1.82) is 0 Å². The van der Waals surface area contributed by atoms with Crippen LogP contribution in [0.25, 0.3) is 11.1 Å². The van der Waals surface area contributed by atoms with Crippen LogP contribution in [0.4, 0.5) is 8.78 Å². The second-order valence-electron chi connectivity index (χ2n) is 6.65. The molecule has 0 aliphatic carbocycles. The molecule has 29 heavy (non-hydrogen) atoms. The Bertz CT molecular complexity index is 1070. The van der Waals surface area contributed by atoms with E-state index in [-0.39, 0.29) is 17.6 Å². The molecule has 1 amide bonds. The van der Waals surface area contributed by atoms with E-state index in [0.717, 1.165) is 0 Å². The van der Waals surface area contributed by atoms with Gasteiger partial charge < -0.3 is 14.8 Å². The number of nitrogens with zero attached hydrogens (tertiary/aromatic N) is 1. The van der Waals surface area contributed by atoms with Gasteiger partial charge >= 0.3 is 0 Å². The van der Waals surface area contributed by atoms with Gasteiger partial charge in [-0.05, 0) is 41.5 Å². The Kier molecular flexibility index (Phi) is 4.88. The van der Waals surface area contributed by atoms with E-state index in [1.165, 1.54) is 31.5 Å². The third kappa shape index (κ3) is 3.40. The number of hydrogen-bond acceptors (Lipinski definition) is 4. The lowest BCUT2D eigenvalue weighted by atomic mass is 9.89. The van der Waals surface area contributed by atoms with E-state index in [0.29, 0.717) is 28.0 Å². The zero-order chi connectivity index (χ0) is 20.5. The Labute approximate surface area is 166 Å². The number of carbonyl (C=O) groups excluding carboxylic acids is 1. The fraction of sp³-hybridized carbons (Fsp3) is 0.182. The maximum atomic E-state index is 14.1. The van der Waals surface area contributed by atoms with Crippen LogP contribution in [-0.2, 0) is 4.79 Å². The smallest absolute Gasteiger partial charge is 0.250 e. The van der Waals surface area contributed by atoms with Crippen LogP contribution < -0.4 is 14.8 Å². The zero-order valence-electron chi connectivity index (χ0n) is 15.8. The molecule has 2 atom stereocenters. The first-order chi connectivity index (χ1) is 14.0. The zero-order valence-corrected chi connectivity index (χ0v) is 15.8. The van der Waals surface area contributed by atoms with Crippen LogP contribution in [0.15, 0.2) is 54.7 Å². The minimum Gasteiger partial charge on any atom is -0.484 e. The number of fused-ring (bicyclic) bond motifs is 1. The molecule has 3 aromatic rings. The predicted octanol–water partition coefficient (Wildman–Crippen LogP) is 4.00. The largest absolute Gasteiger partial charge is 0.484 e. The van der Waals surface area contributed by atoms with Crippen molar-refractivity contribution in [1.82, 2.24) is 10.3 Å². The Balaban J connectivity index is 1.76. The minimum atomic E-state index is -0.628. The normalized spacial score (nSPS) is 17.4. The van der Waals surface area contributed by atoms with E-state index < -0.39 is 17.8 Å². The van der Waals surface area contributed by atoms with Crippen molar-refractivity contribution in [3.63, 3.8) is 0 Å². The van der Waals surface area contributed by atoms with Crippen LogP contribution in [0.5, 0.6) is 11.6 Å². The van der Waals surface area contributed by atoms with Gasteiger partial charge in [0.1, 0.15) is 23.6 Å². The van der Waals surface area contributed by atoms with Gasteiger partial charge in [0, 0.05) is 24.4 Å². The summed E-state index contributed by atoms with van der Waals surface area (Å²) in [5, 5.41) is 2.66. The first kappa shape index (κ1) is 18.9. The summed E-state index contributed by atoms with van der Waals surface area (Å²) in [4.78, 5) is 16.6. The van der Waals surface area contributed by atoms with E-state index >= 15 is 0 Å². The number of benzene rings is 2. The van der Waals surface area contributed by atoms with Crippen molar-refractivity contribution >= 4 is 5.91 Å². The van der Waals surface area contributed by atoms with Crippen molar-refractivity contribution in [3.8, 4) is 22.8 Å². The highest BCUT2D eigenvalue weighted by Crippen LogP contribution is 2.47. The molecule has 2 heterocycles. The van der Waals surface area contributed by atoms with Crippen molar-refractivity contribution in [2.24, 2.45) is 0 Å². The quantitative estimate of drug-likeness (QED) is 0.724. The molecule has 148 valence electrons. The number of nitrogens with one attached hydrogen (secondary N) is 1. The molecule has 1 N–H and O–H groups in total. The predicted molar refractivity (Wildman–Crippen MR) is 103 cm³/mol. The molecule has 0 spiro atoms. The van der Waals surface area contributed by atoms with Gasteiger partial charge in [0.25, 0.3) is 0 Å². The van der Waals surface area contributed by atoms with E-state index in [2.05, 4.69) is 10.3 Å². The minimum absolute atomic E-state index is 0.0853. The highest BCUT2D eigenvalue weighted by Gasteiger charge is 2.40. The molecule has 0 radical (unpaired) electrons. The van der Waals surface area contributed by atoms with E-state index in [1.807, 2.05) is 0 Å². The van der Waals surface area contributed by atoms with Crippen molar-refractivity contribution in [2.45, 2.75) is 12.0 Å². The summed E-state index contributed by atoms with van der Waals surface area (Å²) in [5.41, 5.74) is 2.60. The van der Waals surface area contributed by atoms with Crippen LogP contribution in [0.3, 0.4) is 0 Å². The fourth-order valence-electron chi connectivity index (χ4n) is 3.53. The van der Waals surface area contributed by atoms with Gasteiger partial charge in [-0.15, -0.1) is 0 Å². The Hall–Kier alpha value is -3.48. The number of halogens is 2. The number of carbonyl (C=O) groups is 1. The molecule has 4 rings (SSSR count). The summed E-state index contributed by atoms with van der Waals surface area (Å²) in [7, 11) is 2.90. The first-order valence-electron chi connectivity index (χ1n) is 8.99. The molecule has 1 aliphatic heterocycles. The second kappa shape index (κ2) is 7.50.